The van der Waals surface area contributed by atoms with Crippen LogP contribution >= 0.6 is 23.2 Å². The number of carbonyl (C=O) groups is 2. The van der Waals surface area contributed by atoms with Crippen molar-refractivity contribution in [2.75, 3.05) is 17.3 Å². The first-order valence-corrected chi connectivity index (χ1v) is 11.7. The molecule has 0 N–H and O–H groups in total. The fourth-order valence-corrected chi connectivity index (χ4v) is 4.68. The van der Waals surface area contributed by atoms with E-state index in [1.54, 1.807) is 36.4 Å². The van der Waals surface area contributed by atoms with Crippen LogP contribution in [0.25, 0.3) is 0 Å². The lowest BCUT2D eigenvalue weighted by Gasteiger charge is -2.27. The Bertz CT molecular complexity index is 1100. The van der Waals surface area contributed by atoms with Crippen molar-refractivity contribution in [3.8, 4) is 5.75 Å². The second kappa shape index (κ2) is 9.72. The van der Waals surface area contributed by atoms with Gasteiger partial charge in [0.05, 0.1) is 16.8 Å². The Morgan fingerprint density at radius 2 is 1.87 bits per heavy atom. The highest BCUT2D eigenvalue weighted by Gasteiger charge is 2.32. The van der Waals surface area contributed by atoms with Crippen LogP contribution in [-0.4, -0.2) is 44.8 Å². The van der Waals surface area contributed by atoms with Crippen LogP contribution in [0.5, 0.6) is 5.75 Å². The Balaban J connectivity index is 1.66. The average Bonchev–Trinajstić information content (AvgIpc) is 3.08. The fraction of sp³-hybridized carbons (Fsp3) is 0.238. The lowest BCUT2D eigenvalue weighted by Crippen LogP contribution is -2.44. The quantitative estimate of drug-likeness (QED) is 0.558. The van der Waals surface area contributed by atoms with Gasteiger partial charge in [0.15, 0.2) is 22.5 Å². The van der Waals surface area contributed by atoms with Gasteiger partial charge in [-0.05, 0) is 43.3 Å². The monoisotopic (exact) mass is 483 g/mol. The zero-order chi connectivity index (χ0) is 22.6. The summed E-state index contributed by atoms with van der Waals surface area (Å²) < 4.78 is 34.3. The van der Waals surface area contributed by atoms with Crippen molar-refractivity contribution in [2.24, 2.45) is 0 Å². The van der Waals surface area contributed by atoms with Crippen LogP contribution in [0.15, 0.2) is 60.0 Å². The van der Waals surface area contributed by atoms with Crippen LogP contribution in [0.3, 0.4) is 0 Å². The summed E-state index contributed by atoms with van der Waals surface area (Å²) in [4.78, 5) is 26.5. The van der Waals surface area contributed by atoms with Crippen LogP contribution in [0, 0.1) is 0 Å². The van der Waals surface area contributed by atoms with E-state index >= 15 is 0 Å². The summed E-state index contributed by atoms with van der Waals surface area (Å²) in [6.45, 7) is 0.874. The predicted molar refractivity (Wildman–Crippen MR) is 118 cm³/mol. The zero-order valence-corrected chi connectivity index (χ0v) is 18.7. The van der Waals surface area contributed by atoms with Gasteiger partial charge in [0.2, 0.25) is 0 Å². The van der Waals surface area contributed by atoms with E-state index < -0.39 is 40.5 Å². The Hall–Kier alpha value is -2.55. The summed E-state index contributed by atoms with van der Waals surface area (Å²) in [6, 6.07) is 12.4. The molecule has 164 valence electrons. The number of esters is 1. The molecule has 0 spiro atoms. The molecule has 1 aliphatic heterocycles. The Kier molecular flexibility index (Phi) is 7.25. The van der Waals surface area contributed by atoms with Gasteiger partial charge in [-0.3, -0.25) is 4.79 Å². The minimum atomic E-state index is -3.39. The van der Waals surface area contributed by atoms with Gasteiger partial charge in [0.1, 0.15) is 5.75 Å². The SMILES string of the molecule is CC(Oc1ccc(Cl)cc1Cl)C(=O)OCC(=O)N(c1ccccc1)C1C=CS(=O)(=O)C1. The molecule has 0 saturated carbocycles. The minimum absolute atomic E-state index is 0.229. The number of sulfone groups is 1. The molecule has 2 atom stereocenters. The lowest BCUT2D eigenvalue weighted by molar-refractivity contribution is -0.154. The molecule has 31 heavy (non-hydrogen) atoms. The van der Waals surface area contributed by atoms with Gasteiger partial charge < -0.3 is 14.4 Å². The predicted octanol–water partition coefficient (Wildman–Crippen LogP) is 3.65. The first kappa shape index (κ1) is 23.1. The lowest BCUT2D eigenvalue weighted by atomic mass is 10.2. The summed E-state index contributed by atoms with van der Waals surface area (Å²) in [5.41, 5.74) is 0.493. The number of hydrogen-bond donors (Lipinski definition) is 0. The molecule has 0 radical (unpaired) electrons. The van der Waals surface area contributed by atoms with Crippen molar-refractivity contribution >= 4 is 50.6 Å². The molecule has 0 aliphatic carbocycles. The Morgan fingerprint density at radius 1 is 1.16 bits per heavy atom. The van der Waals surface area contributed by atoms with Crippen LogP contribution < -0.4 is 9.64 Å². The van der Waals surface area contributed by atoms with Gasteiger partial charge in [0.25, 0.3) is 5.91 Å². The summed E-state index contributed by atoms with van der Waals surface area (Å²) in [6.07, 6.45) is 0.402. The van der Waals surface area contributed by atoms with E-state index in [2.05, 4.69) is 0 Å². The number of rotatable bonds is 7. The third-order valence-corrected chi connectivity index (χ3v) is 6.32. The van der Waals surface area contributed by atoms with E-state index in [9.17, 15) is 18.0 Å². The third-order valence-electron chi connectivity index (χ3n) is 4.41. The maximum absolute atomic E-state index is 12.9. The number of amides is 1. The molecule has 2 aromatic carbocycles. The first-order chi connectivity index (χ1) is 14.7. The molecule has 7 nitrogen and oxygen atoms in total. The first-order valence-electron chi connectivity index (χ1n) is 9.23. The molecule has 10 heteroatoms. The molecular weight excluding hydrogens is 465 g/mol. The maximum atomic E-state index is 12.9. The molecule has 0 bridgehead atoms. The number of benzene rings is 2. The van der Waals surface area contributed by atoms with E-state index in [-0.39, 0.29) is 16.5 Å². The van der Waals surface area contributed by atoms with Crippen molar-refractivity contribution in [2.45, 2.75) is 19.1 Å². The van der Waals surface area contributed by atoms with Gasteiger partial charge in [0, 0.05) is 16.1 Å². The molecular formula is C21H19Cl2NO6S. The standard InChI is InChI=1S/C21H19Cl2NO6S/c1-14(30-19-8-7-15(22)11-18(19)23)21(26)29-12-20(25)24(16-5-3-2-4-6-16)17-9-10-31(27,28)13-17/h2-11,14,17H,12-13H2,1H3. The highest BCUT2D eigenvalue weighted by Crippen LogP contribution is 2.28. The number of nitrogens with zero attached hydrogens (tertiary/aromatic N) is 1. The highest BCUT2D eigenvalue weighted by molar-refractivity contribution is 7.94. The van der Waals surface area contributed by atoms with Gasteiger partial charge in [-0.25, -0.2) is 13.2 Å². The van der Waals surface area contributed by atoms with Crippen molar-refractivity contribution in [1.82, 2.24) is 0 Å². The molecule has 0 aromatic heterocycles. The molecule has 2 aromatic rings. The molecule has 1 aliphatic rings. The second-order valence-electron chi connectivity index (χ2n) is 6.77. The molecule has 3 rings (SSSR count). The summed E-state index contributed by atoms with van der Waals surface area (Å²) >= 11 is 11.9. The molecule has 0 fully saturated rings. The summed E-state index contributed by atoms with van der Waals surface area (Å²) in [5, 5.41) is 1.73. The van der Waals surface area contributed by atoms with Crippen molar-refractivity contribution in [1.29, 1.82) is 0 Å². The van der Waals surface area contributed by atoms with Crippen molar-refractivity contribution < 1.29 is 27.5 Å². The molecule has 1 amide bonds. The van der Waals surface area contributed by atoms with Gasteiger partial charge in [-0.1, -0.05) is 41.4 Å². The Morgan fingerprint density at radius 3 is 2.48 bits per heavy atom. The van der Waals surface area contributed by atoms with Crippen molar-refractivity contribution in [3.63, 3.8) is 0 Å². The summed E-state index contributed by atoms with van der Waals surface area (Å²) in [7, 11) is -3.39. The second-order valence-corrected chi connectivity index (χ2v) is 9.54. The number of anilines is 1. The van der Waals surface area contributed by atoms with Crippen LogP contribution in [0.1, 0.15) is 6.92 Å². The minimum Gasteiger partial charge on any atom is -0.477 e. The van der Waals surface area contributed by atoms with E-state index in [0.717, 1.165) is 5.41 Å². The van der Waals surface area contributed by atoms with Gasteiger partial charge in [-0.15, -0.1) is 0 Å². The van der Waals surface area contributed by atoms with E-state index in [0.29, 0.717) is 10.7 Å². The normalized spacial score (nSPS) is 17.7. The number of carbonyl (C=O) groups excluding carboxylic acids is 2. The number of ether oxygens (including phenoxy) is 2. The number of hydrogen-bond acceptors (Lipinski definition) is 6. The van der Waals surface area contributed by atoms with Gasteiger partial charge in [-0.2, -0.15) is 0 Å². The number of para-hydroxylation sites is 1. The van der Waals surface area contributed by atoms with Crippen LogP contribution in [0.2, 0.25) is 10.0 Å². The van der Waals surface area contributed by atoms with Crippen LogP contribution in [0.4, 0.5) is 5.69 Å². The molecule has 1 heterocycles. The van der Waals surface area contributed by atoms with E-state index in [1.165, 1.54) is 30.0 Å². The highest BCUT2D eigenvalue weighted by atomic mass is 35.5. The average molecular weight is 484 g/mol. The largest absolute Gasteiger partial charge is 0.477 e. The van der Waals surface area contributed by atoms with Crippen LogP contribution in [-0.2, 0) is 24.2 Å². The zero-order valence-electron chi connectivity index (χ0n) is 16.4. The van der Waals surface area contributed by atoms with E-state index in [1.807, 2.05) is 0 Å². The van der Waals surface area contributed by atoms with Gasteiger partial charge >= 0.3 is 5.97 Å². The van der Waals surface area contributed by atoms with E-state index in [4.69, 9.17) is 32.7 Å². The third kappa shape index (κ3) is 6.00. The van der Waals surface area contributed by atoms with Crippen molar-refractivity contribution in [3.05, 3.63) is 70.1 Å². The summed E-state index contributed by atoms with van der Waals surface area (Å²) in [5.74, 6) is -1.34. The fourth-order valence-electron chi connectivity index (χ4n) is 2.96. The number of halogens is 2. The smallest absolute Gasteiger partial charge is 0.347 e. The molecule has 0 saturated heterocycles. The topological polar surface area (TPSA) is 90.0 Å². The maximum Gasteiger partial charge on any atom is 0.347 e. The molecule has 2 unspecified atom stereocenters. The Labute approximate surface area is 190 Å².